The fourth-order valence-corrected chi connectivity index (χ4v) is 1.41. The van der Waals surface area contributed by atoms with Crippen LogP contribution in [0.2, 0.25) is 0 Å². The second kappa shape index (κ2) is 3.53. The summed E-state index contributed by atoms with van der Waals surface area (Å²) in [6.45, 7) is 1.89. The third-order valence-corrected chi connectivity index (χ3v) is 2.10. The predicted molar refractivity (Wildman–Crippen MR) is 55.4 cm³/mol. The lowest BCUT2D eigenvalue weighted by Gasteiger charge is -2.00. The average molecular weight is 203 g/mol. The Labute approximate surface area is 85.9 Å². The van der Waals surface area contributed by atoms with Crippen LogP contribution < -0.4 is 0 Å². The molecule has 0 fully saturated rings. The summed E-state index contributed by atoms with van der Waals surface area (Å²) in [5, 5.41) is 10.8. The van der Waals surface area contributed by atoms with Crippen LogP contribution in [0, 0.1) is 17.0 Å². The fraction of sp³-hybridized carbons (Fsp3) is 0.100. The third-order valence-electron chi connectivity index (χ3n) is 2.10. The van der Waals surface area contributed by atoms with Crippen LogP contribution in [0.4, 0.5) is 5.69 Å². The summed E-state index contributed by atoms with van der Waals surface area (Å²) in [6.07, 6.45) is 3.21. The number of aryl methyl sites for hydroxylation is 1. The zero-order chi connectivity index (χ0) is 10.8. The van der Waals surface area contributed by atoms with Gasteiger partial charge in [-0.25, -0.2) is 4.98 Å². The number of aromatic nitrogens is 2. The van der Waals surface area contributed by atoms with Gasteiger partial charge >= 0.3 is 0 Å². The molecular formula is C10H9N3O2. The molecule has 5 nitrogen and oxygen atoms in total. The topological polar surface area (TPSA) is 71.8 Å². The van der Waals surface area contributed by atoms with Gasteiger partial charge in [-0.3, -0.25) is 10.1 Å². The fourth-order valence-electron chi connectivity index (χ4n) is 1.41. The summed E-state index contributed by atoms with van der Waals surface area (Å²) in [4.78, 5) is 17.3. The first-order valence-electron chi connectivity index (χ1n) is 4.43. The van der Waals surface area contributed by atoms with Crippen molar-refractivity contribution in [3.8, 4) is 11.4 Å². The maximum absolute atomic E-state index is 10.8. The van der Waals surface area contributed by atoms with Crippen LogP contribution in [-0.2, 0) is 0 Å². The van der Waals surface area contributed by atoms with Crippen LogP contribution in [0.15, 0.2) is 30.6 Å². The number of H-pyrrole nitrogens is 1. The number of aromatic amines is 1. The molecule has 0 atom stereocenters. The highest BCUT2D eigenvalue weighted by Gasteiger charge is 2.16. The van der Waals surface area contributed by atoms with Crippen LogP contribution in [0.25, 0.3) is 11.4 Å². The van der Waals surface area contributed by atoms with Crippen molar-refractivity contribution < 1.29 is 4.92 Å². The quantitative estimate of drug-likeness (QED) is 0.601. The highest BCUT2D eigenvalue weighted by atomic mass is 16.6. The van der Waals surface area contributed by atoms with E-state index in [-0.39, 0.29) is 5.69 Å². The van der Waals surface area contributed by atoms with Crippen LogP contribution in [0.1, 0.15) is 5.56 Å². The number of hydrogen-bond donors (Lipinski definition) is 1. The molecule has 1 aromatic heterocycles. The summed E-state index contributed by atoms with van der Waals surface area (Å²) in [7, 11) is 0. The van der Waals surface area contributed by atoms with Gasteiger partial charge in [0, 0.05) is 18.5 Å². The molecule has 15 heavy (non-hydrogen) atoms. The van der Waals surface area contributed by atoms with E-state index in [1.54, 1.807) is 24.5 Å². The van der Waals surface area contributed by atoms with Crippen LogP contribution >= 0.6 is 0 Å². The Morgan fingerprint density at radius 1 is 1.47 bits per heavy atom. The number of benzene rings is 1. The van der Waals surface area contributed by atoms with E-state index in [0.717, 1.165) is 5.56 Å². The van der Waals surface area contributed by atoms with Crippen molar-refractivity contribution in [2.24, 2.45) is 0 Å². The third kappa shape index (κ3) is 1.71. The molecule has 0 unspecified atom stereocenters. The Hall–Kier alpha value is -2.17. The lowest BCUT2D eigenvalue weighted by atomic mass is 10.1. The first kappa shape index (κ1) is 9.39. The lowest BCUT2D eigenvalue weighted by Crippen LogP contribution is -1.93. The molecule has 0 radical (unpaired) electrons. The monoisotopic (exact) mass is 203 g/mol. The summed E-state index contributed by atoms with van der Waals surface area (Å²) >= 11 is 0. The van der Waals surface area contributed by atoms with E-state index in [1.807, 2.05) is 6.92 Å². The van der Waals surface area contributed by atoms with E-state index < -0.39 is 4.92 Å². The van der Waals surface area contributed by atoms with Gasteiger partial charge in [0.25, 0.3) is 5.69 Å². The van der Waals surface area contributed by atoms with Crippen LogP contribution in [0.3, 0.4) is 0 Å². The highest BCUT2D eigenvalue weighted by molar-refractivity contribution is 5.68. The standard InChI is InChI=1S/C10H9N3O2/c1-7-2-3-9(13(14)15)8(6-7)10-11-4-5-12-10/h2-6H,1H3,(H,11,12). The minimum atomic E-state index is -0.405. The smallest absolute Gasteiger partial charge is 0.280 e. The molecule has 0 amide bonds. The Morgan fingerprint density at radius 3 is 2.87 bits per heavy atom. The van der Waals surface area contributed by atoms with Gasteiger partial charge in [0.2, 0.25) is 0 Å². The van der Waals surface area contributed by atoms with Crippen LogP contribution in [0.5, 0.6) is 0 Å². The Balaban J connectivity index is 2.63. The first-order chi connectivity index (χ1) is 7.18. The van der Waals surface area contributed by atoms with E-state index in [1.165, 1.54) is 6.07 Å². The predicted octanol–water partition coefficient (Wildman–Crippen LogP) is 2.29. The number of nitrogens with one attached hydrogen (secondary N) is 1. The number of nitro groups is 1. The molecule has 2 aromatic rings. The lowest BCUT2D eigenvalue weighted by molar-refractivity contribution is -0.384. The van der Waals surface area contributed by atoms with Gasteiger partial charge < -0.3 is 4.98 Å². The zero-order valence-electron chi connectivity index (χ0n) is 8.10. The molecule has 0 saturated carbocycles. The molecule has 0 spiro atoms. The molecule has 0 saturated heterocycles. The Morgan fingerprint density at radius 2 is 2.27 bits per heavy atom. The largest absolute Gasteiger partial charge is 0.344 e. The number of hydrogen-bond acceptors (Lipinski definition) is 3. The van der Waals surface area contributed by atoms with E-state index in [0.29, 0.717) is 11.4 Å². The second-order valence-corrected chi connectivity index (χ2v) is 3.22. The van der Waals surface area contributed by atoms with Gasteiger partial charge in [0.15, 0.2) is 0 Å². The van der Waals surface area contributed by atoms with Gasteiger partial charge in [0.05, 0.1) is 10.5 Å². The summed E-state index contributed by atoms with van der Waals surface area (Å²) in [5.74, 6) is 0.519. The Bertz CT molecular complexity index is 491. The van der Waals surface area contributed by atoms with Gasteiger partial charge in [-0.1, -0.05) is 6.07 Å². The molecule has 1 N–H and O–H groups in total. The molecule has 5 heteroatoms. The van der Waals surface area contributed by atoms with E-state index in [9.17, 15) is 10.1 Å². The first-order valence-corrected chi connectivity index (χ1v) is 4.43. The maximum atomic E-state index is 10.8. The van der Waals surface area contributed by atoms with E-state index in [4.69, 9.17) is 0 Å². The average Bonchev–Trinajstić information content (AvgIpc) is 2.69. The molecule has 0 aliphatic heterocycles. The van der Waals surface area contributed by atoms with E-state index >= 15 is 0 Å². The summed E-state index contributed by atoms with van der Waals surface area (Å²) in [5.41, 5.74) is 1.55. The van der Waals surface area contributed by atoms with Gasteiger partial charge in [-0.15, -0.1) is 0 Å². The molecule has 2 rings (SSSR count). The van der Waals surface area contributed by atoms with Crippen molar-refractivity contribution in [2.45, 2.75) is 6.92 Å². The highest BCUT2D eigenvalue weighted by Crippen LogP contribution is 2.27. The zero-order valence-corrected chi connectivity index (χ0v) is 8.10. The molecule has 0 bridgehead atoms. The second-order valence-electron chi connectivity index (χ2n) is 3.22. The van der Waals surface area contributed by atoms with Gasteiger partial charge in [-0.2, -0.15) is 0 Å². The minimum absolute atomic E-state index is 0.0653. The molecule has 1 aromatic carbocycles. The molecule has 0 aliphatic rings. The molecular weight excluding hydrogens is 194 g/mol. The molecule has 76 valence electrons. The van der Waals surface area contributed by atoms with Gasteiger partial charge in [-0.05, 0) is 18.6 Å². The van der Waals surface area contributed by atoms with Crippen LogP contribution in [-0.4, -0.2) is 14.9 Å². The van der Waals surface area contributed by atoms with Crippen molar-refractivity contribution >= 4 is 5.69 Å². The maximum Gasteiger partial charge on any atom is 0.280 e. The van der Waals surface area contributed by atoms with Crippen molar-refractivity contribution in [2.75, 3.05) is 0 Å². The molecule has 0 aliphatic carbocycles. The normalized spacial score (nSPS) is 10.2. The van der Waals surface area contributed by atoms with Crippen molar-refractivity contribution in [1.82, 2.24) is 9.97 Å². The summed E-state index contributed by atoms with van der Waals surface area (Å²) < 4.78 is 0. The molecule has 1 heterocycles. The van der Waals surface area contributed by atoms with E-state index in [2.05, 4.69) is 9.97 Å². The SMILES string of the molecule is Cc1ccc([N+](=O)[O-])c(-c2ncc[nH]2)c1. The number of nitrogens with zero attached hydrogens (tertiary/aromatic N) is 2. The Kier molecular flexibility index (Phi) is 2.21. The van der Waals surface area contributed by atoms with Gasteiger partial charge in [0.1, 0.15) is 5.82 Å². The van der Waals surface area contributed by atoms with Crippen molar-refractivity contribution in [3.63, 3.8) is 0 Å². The number of rotatable bonds is 2. The van der Waals surface area contributed by atoms with Crippen molar-refractivity contribution in [3.05, 3.63) is 46.3 Å². The summed E-state index contributed by atoms with van der Waals surface area (Å²) in [6, 6.07) is 4.95. The number of nitro benzene ring substituents is 1. The van der Waals surface area contributed by atoms with Crippen molar-refractivity contribution in [1.29, 1.82) is 0 Å². The minimum Gasteiger partial charge on any atom is -0.344 e. The number of imidazole rings is 1.